The minimum absolute atomic E-state index is 0. The summed E-state index contributed by atoms with van der Waals surface area (Å²) in [5, 5.41) is 0. The van der Waals surface area contributed by atoms with Gasteiger partial charge in [-0.25, -0.2) is 9.97 Å². The number of fused-ring (bicyclic) bond motifs is 8. The van der Waals surface area contributed by atoms with Crippen LogP contribution < -0.4 is 9.97 Å². The predicted octanol–water partition coefficient (Wildman–Crippen LogP) is 11.1. The van der Waals surface area contributed by atoms with Gasteiger partial charge in [0.1, 0.15) is 0 Å². The molecule has 0 aliphatic carbocycles. The SMILES string of the molecule is C1=Cc2nc1c(/C=C/c1ccccc1)c1ccc([n-]1)c(-c1ccccc1)c1nc(c(-c3ccccc3)c3ccc([n-]3)c2-c2ccccc2)C=C1.[Zn+2]. The third-order valence-corrected chi connectivity index (χ3v) is 9.08. The minimum atomic E-state index is 0. The summed E-state index contributed by atoms with van der Waals surface area (Å²) in [5.74, 6) is 0. The van der Waals surface area contributed by atoms with Gasteiger partial charge in [-0.1, -0.05) is 158 Å². The second-order valence-electron chi connectivity index (χ2n) is 12.2. The molecule has 0 radical (unpaired) electrons. The molecule has 7 aromatic rings. The number of benzene rings is 4. The average molecular weight is 704 g/mol. The van der Waals surface area contributed by atoms with Gasteiger partial charge in [-0.3, -0.25) is 0 Å². The van der Waals surface area contributed by atoms with Gasteiger partial charge in [0.2, 0.25) is 0 Å². The van der Waals surface area contributed by atoms with E-state index in [0.717, 1.165) is 89.4 Å². The number of aromatic nitrogens is 4. The van der Waals surface area contributed by atoms with Crippen molar-refractivity contribution < 1.29 is 19.5 Å². The Bertz CT molecular complexity index is 2580. The van der Waals surface area contributed by atoms with Crippen molar-refractivity contribution in [1.82, 2.24) is 19.9 Å². The van der Waals surface area contributed by atoms with Crippen LogP contribution in [0.4, 0.5) is 0 Å². The van der Waals surface area contributed by atoms with Crippen LogP contribution in [0.5, 0.6) is 0 Å². The third kappa shape index (κ3) is 6.25. The Morgan fingerprint density at radius 3 is 1.16 bits per heavy atom. The van der Waals surface area contributed by atoms with E-state index in [1.165, 1.54) is 0 Å². The van der Waals surface area contributed by atoms with Gasteiger partial charge in [0, 0.05) is 0 Å². The maximum absolute atomic E-state index is 5.31. The van der Waals surface area contributed by atoms with Crippen molar-refractivity contribution in [2.24, 2.45) is 0 Å². The fourth-order valence-electron chi connectivity index (χ4n) is 6.73. The van der Waals surface area contributed by atoms with Crippen LogP contribution in [0.3, 0.4) is 0 Å². The van der Waals surface area contributed by atoms with Crippen molar-refractivity contribution in [3.8, 4) is 33.4 Å². The van der Waals surface area contributed by atoms with E-state index < -0.39 is 0 Å². The van der Waals surface area contributed by atoms with Crippen molar-refractivity contribution in [1.29, 1.82) is 0 Å². The van der Waals surface area contributed by atoms with Crippen LogP contribution in [0.2, 0.25) is 0 Å². The van der Waals surface area contributed by atoms with Crippen molar-refractivity contribution in [3.05, 3.63) is 179 Å². The largest absolute Gasteiger partial charge is 2.00 e. The number of hydrogen-bond acceptors (Lipinski definition) is 2. The van der Waals surface area contributed by atoms with E-state index in [1.807, 2.05) is 36.4 Å². The molecule has 0 spiro atoms. The summed E-state index contributed by atoms with van der Waals surface area (Å²) in [6.45, 7) is 0. The second-order valence-corrected chi connectivity index (χ2v) is 12.2. The minimum Gasteiger partial charge on any atom is -0.657 e. The molecule has 0 fully saturated rings. The van der Waals surface area contributed by atoms with Crippen molar-refractivity contribution in [2.45, 2.75) is 0 Å². The topological polar surface area (TPSA) is 54.0 Å². The molecule has 0 N–H and O–H groups in total. The zero-order valence-electron chi connectivity index (χ0n) is 27.8. The molecule has 0 saturated heterocycles. The monoisotopic (exact) mass is 702 g/mol. The molecule has 8 bridgehead atoms. The molecule has 0 saturated carbocycles. The Morgan fingerprint density at radius 1 is 0.353 bits per heavy atom. The van der Waals surface area contributed by atoms with Crippen LogP contribution in [0.15, 0.2) is 146 Å². The summed E-state index contributed by atoms with van der Waals surface area (Å²) < 4.78 is 0. The van der Waals surface area contributed by atoms with Crippen LogP contribution in [0, 0.1) is 0 Å². The Morgan fingerprint density at radius 2 is 0.706 bits per heavy atom. The quantitative estimate of drug-likeness (QED) is 0.167. The Hall–Kier alpha value is -6.16. The molecule has 0 amide bonds. The van der Waals surface area contributed by atoms with Gasteiger partial charge >= 0.3 is 19.5 Å². The summed E-state index contributed by atoms with van der Waals surface area (Å²) >= 11 is 0. The Kier molecular flexibility index (Phi) is 8.80. The molecular formula is C46H30N4Zn. The van der Waals surface area contributed by atoms with E-state index in [1.54, 1.807) is 0 Å². The zero-order valence-corrected chi connectivity index (χ0v) is 30.8. The number of rotatable bonds is 5. The van der Waals surface area contributed by atoms with Gasteiger partial charge < -0.3 is 9.97 Å². The second kappa shape index (κ2) is 14.0. The molecule has 2 aliphatic rings. The molecule has 5 heteroatoms. The van der Waals surface area contributed by atoms with E-state index in [0.29, 0.717) is 0 Å². The van der Waals surface area contributed by atoms with Gasteiger partial charge in [-0.15, -0.1) is 22.1 Å². The molecule has 4 aromatic carbocycles. The molecule has 3 aromatic heterocycles. The molecule has 5 heterocycles. The van der Waals surface area contributed by atoms with E-state index in [9.17, 15) is 0 Å². The summed E-state index contributed by atoms with van der Waals surface area (Å²) in [7, 11) is 0. The normalized spacial score (nSPS) is 11.9. The van der Waals surface area contributed by atoms with Gasteiger partial charge in [0.15, 0.2) is 0 Å². The van der Waals surface area contributed by atoms with Gasteiger partial charge in [-0.2, -0.15) is 0 Å². The summed E-state index contributed by atoms with van der Waals surface area (Å²) in [6.07, 6.45) is 12.6. The predicted molar refractivity (Wildman–Crippen MR) is 208 cm³/mol. The van der Waals surface area contributed by atoms with Crippen molar-refractivity contribution in [3.63, 3.8) is 0 Å². The Balaban J connectivity index is 0.00000374. The van der Waals surface area contributed by atoms with Gasteiger partial charge in [-0.05, 0) is 68.8 Å². The first-order chi connectivity index (χ1) is 24.8. The zero-order chi connectivity index (χ0) is 33.3. The number of hydrogen-bond donors (Lipinski definition) is 0. The molecule has 0 atom stereocenters. The third-order valence-electron chi connectivity index (χ3n) is 9.08. The van der Waals surface area contributed by atoms with Gasteiger partial charge in [0.05, 0.1) is 22.8 Å². The first-order valence-corrected chi connectivity index (χ1v) is 16.7. The Labute approximate surface area is 309 Å². The van der Waals surface area contributed by atoms with Crippen LogP contribution in [-0.2, 0) is 19.5 Å². The summed E-state index contributed by atoms with van der Waals surface area (Å²) in [5.41, 5.74) is 14.9. The van der Waals surface area contributed by atoms with Crippen LogP contribution in [0.25, 0.3) is 91.9 Å². The van der Waals surface area contributed by atoms with Crippen LogP contribution in [0.1, 0.15) is 33.9 Å². The van der Waals surface area contributed by atoms with E-state index in [2.05, 4.69) is 146 Å². The van der Waals surface area contributed by atoms with Gasteiger partial charge in [0.25, 0.3) is 0 Å². The van der Waals surface area contributed by atoms with Crippen molar-refractivity contribution >= 4 is 58.5 Å². The van der Waals surface area contributed by atoms with Crippen LogP contribution >= 0.6 is 0 Å². The van der Waals surface area contributed by atoms with E-state index in [4.69, 9.17) is 19.9 Å². The first-order valence-electron chi connectivity index (χ1n) is 16.7. The maximum Gasteiger partial charge on any atom is 2.00 e. The van der Waals surface area contributed by atoms with Crippen LogP contribution in [-0.4, -0.2) is 9.97 Å². The fraction of sp³-hybridized carbons (Fsp3) is 0. The van der Waals surface area contributed by atoms with Crippen molar-refractivity contribution in [2.75, 3.05) is 0 Å². The molecule has 2 aliphatic heterocycles. The average Bonchev–Trinajstić information content (AvgIpc) is 4.01. The molecule has 9 rings (SSSR count). The molecule has 51 heavy (non-hydrogen) atoms. The molecule has 236 valence electrons. The maximum atomic E-state index is 5.31. The summed E-state index contributed by atoms with van der Waals surface area (Å²) in [6, 6.07) is 49.9. The molecular weight excluding hydrogens is 674 g/mol. The first kappa shape index (κ1) is 32.1. The smallest absolute Gasteiger partial charge is 0.657 e. The molecule has 0 unspecified atom stereocenters. The van der Waals surface area contributed by atoms with E-state index in [-0.39, 0.29) is 19.5 Å². The summed E-state index contributed by atoms with van der Waals surface area (Å²) in [4.78, 5) is 21.2. The molecule has 4 nitrogen and oxygen atoms in total. The standard InChI is InChI=1S/C46H30N4.Zn/c1-5-13-31(14-6-1)21-22-35-36-23-25-38(47-36)44(32-15-7-2-8-16-32)40-27-29-42(49-40)46(34-19-11-4-12-20-34)43-30-28-41(50-43)45(33-17-9-3-10-18-33)39-26-24-37(35)48-39;/h1-30H;/q-2;+2/b22-21+,36-35?,37-35?,44-38?,44-40?,45-39?,45-41?,46-42?,46-43?;. The number of nitrogens with zero attached hydrogens (tertiary/aromatic N) is 4. The van der Waals surface area contributed by atoms with E-state index >= 15 is 0 Å². The fourth-order valence-corrected chi connectivity index (χ4v) is 6.73.